The summed E-state index contributed by atoms with van der Waals surface area (Å²) in [7, 11) is 0. The normalized spacial score (nSPS) is 12.4. The van der Waals surface area contributed by atoms with Gasteiger partial charge in [-0.3, -0.25) is 4.98 Å². The average molecular weight is 310 g/mol. The Balaban J connectivity index is 2.25. The Kier molecular flexibility index (Phi) is 4.09. The van der Waals surface area contributed by atoms with Crippen LogP contribution in [0.4, 0.5) is 4.39 Å². The van der Waals surface area contributed by atoms with Gasteiger partial charge in [0.1, 0.15) is 5.82 Å². The lowest BCUT2D eigenvalue weighted by Gasteiger charge is -2.13. The van der Waals surface area contributed by atoms with E-state index in [9.17, 15) is 9.50 Å². The van der Waals surface area contributed by atoms with E-state index in [4.69, 9.17) is 0 Å². The summed E-state index contributed by atoms with van der Waals surface area (Å²) in [6.45, 7) is 1.92. The molecule has 1 atom stereocenters. The van der Waals surface area contributed by atoms with Gasteiger partial charge in [-0.05, 0) is 40.5 Å². The van der Waals surface area contributed by atoms with Gasteiger partial charge in [0.25, 0.3) is 0 Å². The molecule has 0 aliphatic rings. The maximum Gasteiger partial charge on any atom is 0.143 e. The van der Waals surface area contributed by atoms with E-state index in [0.29, 0.717) is 10.9 Å². The minimum absolute atomic E-state index is 0.287. The molecule has 1 aromatic carbocycles. The van der Waals surface area contributed by atoms with E-state index in [2.05, 4.69) is 20.9 Å². The first-order valence-electron chi connectivity index (χ1n) is 5.62. The van der Waals surface area contributed by atoms with Crippen molar-refractivity contribution in [2.24, 2.45) is 0 Å². The zero-order valence-corrected chi connectivity index (χ0v) is 11.5. The minimum atomic E-state index is -0.893. The van der Waals surface area contributed by atoms with E-state index >= 15 is 0 Å². The third-order valence-corrected chi connectivity index (χ3v) is 3.46. The van der Waals surface area contributed by atoms with Crippen LogP contribution in [0.5, 0.6) is 0 Å². The van der Waals surface area contributed by atoms with Crippen molar-refractivity contribution in [1.29, 1.82) is 0 Å². The predicted molar refractivity (Wildman–Crippen MR) is 71.7 cm³/mol. The van der Waals surface area contributed by atoms with Crippen LogP contribution in [-0.2, 0) is 6.42 Å². The molecule has 0 bridgehead atoms. The summed E-state index contributed by atoms with van der Waals surface area (Å²) in [4.78, 5) is 4.20. The molecule has 0 saturated carbocycles. The molecule has 0 aliphatic carbocycles. The number of aliphatic hydroxyl groups is 1. The largest absolute Gasteiger partial charge is 0.388 e. The van der Waals surface area contributed by atoms with Crippen LogP contribution in [0.25, 0.3) is 0 Å². The third kappa shape index (κ3) is 2.76. The molecule has 1 aromatic heterocycles. The summed E-state index contributed by atoms with van der Waals surface area (Å²) in [6, 6.07) is 8.66. The van der Waals surface area contributed by atoms with Crippen molar-refractivity contribution in [2.75, 3.05) is 0 Å². The van der Waals surface area contributed by atoms with E-state index in [-0.39, 0.29) is 5.56 Å². The van der Waals surface area contributed by atoms with Crippen molar-refractivity contribution in [1.82, 2.24) is 4.98 Å². The fraction of sp³-hybridized carbons (Fsp3) is 0.214. The number of hydrogen-bond acceptors (Lipinski definition) is 2. The summed E-state index contributed by atoms with van der Waals surface area (Å²) in [5, 5.41) is 10.1. The van der Waals surface area contributed by atoms with E-state index in [1.54, 1.807) is 24.4 Å². The Morgan fingerprint density at radius 2 is 2.11 bits per heavy atom. The summed E-state index contributed by atoms with van der Waals surface area (Å²) < 4.78 is 14.2. The van der Waals surface area contributed by atoms with Gasteiger partial charge in [-0.25, -0.2) is 4.39 Å². The molecule has 1 N–H and O–H groups in total. The Hall–Kier alpha value is -1.26. The average Bonchev–Trinajstić information content (AvgIpc) is 2.35. The van der Waals surface area contributed by atoms with Crippen LogP contribution in [-0.4, -0.2) is 10.1 Å². The number of aryl methyl sites for hydroxylation is 1. The lowest BCUT2D eigenvalue weighted by atomic mass is 10.0. The molecule has 18 heavy (non-hydrogen) atoms. The van der Waals surface area contributed by atoms with E-state index < -0.39 is 11.9 Å². The molecular formula is C14H13BrFNO. The van der Waals surface area contributed by atoms with Gasteiger partial charge in [0.05, 0.1) is 10.6 Å². The van der Waals surface area contributed by atoms with Gasteiger partial charge in [-0.2, -0.15) is 0 Å². The van der Waals surface area contributed by atoms with Crippen molar-refractivity contribution in [3.05, 3.63) is 63.6 Å². The van der Waals surface area contributed by atoms with Gasteiger partial charge in [0.2, 0.25) is 0 Å². The van der Waals surface area contributed by atoms with Crippen molar-refractivity contribution in [3.8, 4) is 0 Å². The lowest BCUT2D eigenvalue weighted by molar-refractivity contribution is 0.172. The number of rotatable bonds is 3. The molecule has 2 nitrogen and oxygen atoms in total. The second-order valence-electron chi connectivity index (χ2n) is 4.13. The van der Waals surface area contributed by atoms with Crippen LogP contribution in [0, 0.1) is 12.7 Å². The smallest absolute Gasteiger partial charge is 0.143 e. The van der Waals surface area contributed by atoms with Gasteiger partial charge < -0.3 is 5.11 Å². The first-order chi connectivity index (χ1) is 8.59. The molecule has 0 amide bonds. The lowest BCUT2D eigenvalue weighted by Crippen LogP contribution is -2.07. The zero-order chi connectivity index (χ0) is 13.1. The monoisotopic (exact) mass is 309 g/mol. The quantitative estimate of drug-likeness (QED) is 0.940. The van der Waals surface area contributed by atoms with Crippen LogP contribution in [0.2, 0.25) is 0 Å². The number of halogens is 2. The zero-order valence-electron chi connectivity index (χ0n) is 9.90. The highest BCUT2D eigenvalue weighted by Gasteiger charge is 2.16. The first kappa shape index (κ1) is 13.2. The SMILES string of the molecule is Cc1cccnc1CC(O)c1cccc(Br)c1F. The Morgan fingerprint density at radius 1 is 1.33 bits per heavy atom. The predicted octanol–water partition coefficient (Wildman–Crippen LogP) is 3.57. The van der Waals surface area contributed by atoms with Crippen molar-refractivity contribution < 1.29 is 9.50 Å². The summed E-state index contributed by atoms with van der Waals surface area (Å²) in [5.41, 5.74) is 2.06. The summed E-state index contributed by atoms with van der Waals surface area (Å²) in [6.07, 6.45) is 1.09. The van der Waals surface area contributed by atoms with Gasteiger partial charge in [-0.15, -0.1) is 0 Å². The topological polar surface area (TPSA) is 33.1 Å². The molecule has 4 heteroatoms. The fourth-order valence-corrected chi connectivity index (χ4v) is 2.18. The molecule has 0 saturated heterocycles. The van der Waals surface area contributed by atoms with Gasteiger partial charge >= 0.3 is 0 Å². The van der Waals surface area contributed by atoms with Gasteiger partial charge in [0.15, 0.2) is 0 Å². The molecule has 1 heterocycles. The molecule has 2 aromatic rings. The van der Waals surface area contributed by atoms with Crippen molar-refractivity contribution >= 4 is 15.9 Å². The maximum atomic E-state index is 13.8. The second-order valence-corrected chi connectivity index (χ2v) is 4.98. The maximum absolute atomic E-state index is 13.8. The molecule has 0 aliphatic heterocycles. The number of aliphatic hydroxyl groups excluding tert-OH is 1. The number of nitrogens with zero attached hydrogens (tertiary/aromatic N) is 1. The standard InChI is InChI=1S/C14H13BrFNO/c1-9-4-3-7-17-12(9)8-13(18)10-5-2-6-11(15)14(10)16/h2-7,13,18H,8H2,1H3. The van der Waals surface area contributed by atoms with Crippen LogP contribution in [0.15, 0.2) is 41.0 Å². The van der Waals surface area contributed by atoms with Crippen molar-refractivity contribution in [2.45, 2.75) is 19.4 Å². The molecule has 0 fully saturated rings. The Labute approximate surface area is 114 Å². The highest BCUT2D eigenvalue weighted by Crippen LogP contribution is 2.26. The van der Waals surface area contributed by atoms with Gasteiger partial charge in [-0.1, -0.05) is 18.2 Å². The molecular weight excluding hydrogens is 297 g/mol. The minimum Gasteiger partial charge on any atom is -0.388 e. The first-order valence-corrected chi connectivity index (χ1v) is 6.41. The number of aromatic nitrogens is 1. The molecule has 94 valence electrons. The Bertz CT molecular complexity index is 559. The highest BCUT2D eigenvalue weighted by molar-refractivity contribution is 9.10. The van der Waals surface area contributed by atoms with E-state index in [1.807, 2.05) is 19.1 Å². The number of pyridine rings is 1. The van der Waals surface area contributed by atoms with E-state index in [1.165, 1.54) is 0 Å². The number of benzene rings is 1. The fourth-order valence-electron chi connectivity index (χ4n) is 1.80. The molecule has 2 rings (SSSR count). The molecule has 1 unspecified atom stereocenters. The van der Waals surface area contributed by atoms with Crippen molar-refractivity contribution in [3.63, 3.8) is 0 Å². The van der Waals surface area contributed by atoms with Gasteiger partial charge in [0, 0.05) is 23.9 Å². The second kappa shape index (κ2) is 5.59. The van der Waals surface area contributed by atoms with Crippen LogP contribution < -0.4 is 0 Å². The summed E-state index contributed by atoms with van der Waals surface area (Å²) in [5.74, 6) is -0.418. The van der Waals surface area contributed by atoms with Crippen LogP contribution >= 0.6 is 15.9 Å². The Morgan fingerprint density at radius 3 is 2.83 bits per heavy atom. The molecule has 0 spiro atoms. The summed E-state index contributed by atoms with van der Waals surface area (Å²) >= 11 is 3.11. The highest BCUT2D eigenvalue weighted by atomic mass is 79.9. The van der Waals surface area contributed by atoms with E-state index in [0.717, 1.165) is 11.3 Å². The third-order valence-electron chi connectivity index (χ3n) is 2.85. The molecule has 0 radical (unpaired) electrons. The van der Waals surface area contributed by atoms with Crippen LogP contribution in [0.1, 0.15) is 22.9 Å². The number of hydrogen-bond donors (Lipinski definition) is 1. The van der Waals surface area contributed by atoms with Crippen LogP contribution in [0.3, 0.4) is 0 Å².